The number of aromatic nitrogens is 1. The molecule has 2 heterocycles. The standard InChI is InChI=1S/C17H16ClN3O3/c1-11-9-21(13-5-2-4-12(18)8-13)15(22)10-20(11)17(24)14-6-3-7-19-16(14)23/h2-8,11H,9-10H2,1H3,(H,19,23)/t11-/m1/s1. The van der Waals surface area contributed by atoms with Crippen molar-refractivity contribution >= 4 is 29.1 Å². The van der Waals surface area contributed by atoms with Crippen LogP contribution in [0.3, 0.4) is 0 Å². The van der Waals surface area contributed by atoms with E-state index in [1.54, 1.807) is 35.2 Å². The molecular formula is C17H16ClN3O3. The number of nitrogens with zero attached hydrogens (tertiary/aromatic N) is 2. The molecule has 1 aromatic heterocycles. The number of hydrogen-bond donors (Lipinski definition) is 1. The number of benzene rings is 1. The van der Waals surface area contributed by atoms with Crippen LogP contribution in [0, 0.1) is 0 Å². The number of rotatable bonds is 2. The van der Waals surface area contributed by atoms with Gasteiger partial charge in [-0.05, 0) is 37.3 Å². The van der Waals surface area contributed by atoms with Crippen LogP contribution >= 0.6 is 11.6 Å². The summed E-state index contributed by atoms with van der Waals surface area (Å²) < 4.78 is 0. The molecule has 2 amide bonds. The van der Waals surface area contributed by atoms with Crippen molar-refractivity contribution in [3.05, 3.63) is 63.5 Å². The first-order valence-corrected chi connectivity index (χ1v) is 7.90. The molecule has 7 heteroatoms. The highest BCUT2D eigenvalue weighted by molar-refractivity contribution is 6.30. The number of piperazine rings is 1. The lowest BCUT2D eigenvalue weighted by Gasteiger charge is -2.39. The predicted octanol–water partition coefficient (Wildman–Crippen LogP) is 1.91. The van der Waals surface area contributed by atoms with Crippen molar-refractivity contribution in [2.24, 2.45) is 0 Å². The second kappa shape index (κ2) is 6.49. The van der Waals surface area contributed by atoms with Crippen LogP contribution in [-0.4, -0.2) is 40.8 Å². The molecule has 0 radical (unpaired) electrons. The fourth-order valence-electron chi connectivity index (χ4n) is 2.76. The minimum absolute atomic E-state index is 0.0355. The van der Waals surface area contributed by atoms with Crippen molar-refractivity contribution in [3.63, 3.8) is 0 Å². The van der Waals surface area contributed by atoms with E-state index in [1.165, 1.54) is 17.2 Å². The van der Waals surface area contributed by atoms with Gasteiger partial charge < -0.3 is 14.8 Å². The van der Waals surface area contributed by atoms with Crippen molar-refractivity contribution < 1.29 is 9.59 Å². The van der Waals surface area contributed by atoms with Crippen LogP contribution in [0.2, 0.25) is 5.02 Å². The van der Waals surface area contributed by atoms with Gasteiger partial charge in [-0.15, -0.1) is 0 Å². The highest BCUT2D eigenvalue weighted by Crippen LogP contribution is 2.23. The monoisotopic (exact) mass is 345 g/mol. The number of carbonyl (C=O) groups is 2. The molecule has 1 aliphatic rings. The Morgan fingerprint density at radius 3 is 2.75 bits per heavy atom. The minimum atomic E-state index is -0.459. The highest BCUT2D eigenvalue weighted by atomic mass is 35.5. The third-order valence-electron chi connectivity index (χ3n) is 4.01. The second-order valence-electron chi connectivity index (χ2n) is 5.68. The fourth-order valence-corrected chi connectivity index (χ4v) is 2.95. The zero-order chi connectivity index (χ0) is 17.3. The van der Waals surface area contributed by atoms with Gasteiger partial charge in [0.2, 0.25) is 5.91 Å². The van der Waals surface area contributed by atoms with Gasteiger partial charge in [0, 0.05) is 29.5 Å². The Labute approximate surface area is 143 Å². The number of pyridine rings is 1. The van der Waals surface area contributed by atoms with Gasteiger partial charge in [-0.2, -0.15) is 0 Å². The number of H-pyrrole nitrogens is 1. The smallest absolute Gasteiger partial charge is 0.260 e. The summed E-state index contributed by atoms with van der Waals surface area (Å²) in [6, 6.07) is 9.85. The van der Waals surface area contributed by atoms with Crippen LogP contribution in [0.5, 0.6) is 0 Å². The highest BCUT2D eigenvalue weighted by Gasteiger charge is 2.34. The van der Waals surface area contributed by atoms with E-state index >= 15 is 0 Å². The molecule has 6 nitrogen and oxygen atoms in total. The maximum Gasteiger partial charge on any atom is 0.260 e. The maximum atomic E-state index is 12.6. The molecule has 0 aliphatic carbocycles. The Hall–Kier alpha value is -2.60. The molecular weight excluding hydrogens is 330 g/mol. The van der Waals surface area contributed by atoms with E-state index in [9.17, 15) is 14.4 Å². The fraction of sp³-hybridized carbons (Fsp3) is 0.235. The number of hydrogen-bond acceptors (Lipinski definition) is 3. The molecule has 1 atom stereocenters. The first-order chi connectivity index (χ1) is 11.5. The Morgan fingerprint density at radius 1 is 1.25 bits per heavy atom. The van der Waals surface area contributed by atoms with Gasteiger partial charge in [0.25, 0.3) is 11.5 Å². The summed E-state index contributed by atoms with van der Waals surface area (Å²) in [5, 5.41) is 0.544. The van der Waals surface area contributed by atoms with E-state index in [2.05, 4.69) is 4.98 Å². The topological polar surface area (TPSA) is 73.5 Å². The predicted molar refractivity (Wildman–Crippen MR) is 91.4 cm³/mol. The minimum Gasteiger partial charge on any atom is -0.328 e. The molecule has 0 saturated carbocycles. The van der Waals surface area contributed by atoms with Crippen LogP contribution in [0.25, 0.3) is 0 Å². The molecule has 0 spiro atoms. The van der Waals surface area contributed by atoms with E-state index < -0.39 is 11.5 Å². The molecule has 1 saturated heterocycles. The van der Waals surface area contributed by atoms with Gasteiger partial charge >= 0.3 is 0 Å². The first-order valence-electron chi connectivity index (χ1n) is 7.52. The van der Waals surface area contributed by atoms with Gasteiger partial charge in [0.1, 0.15) is 12.1 Å². The van der Waals surface area contributed by atoms with Crippen molar-refractivity contribution in [1.29, 1.82) is 0 Å². The number of amides is 2. The van der Waals surface area contributed by atoms with Crippen molar-refractivity contribution in [2.45, 2.75) is 13.0 Å². The molecule has 3 rings (SSSR count). The lowest BCUT2D eigenvalue weighted by atomic mass is 10.1. The molecule has 124 valence electrons. The van der Waals surface area contributed by atoms with Gasteiger partial charge in [0.05, 0.1) is 0 Å². The summed E-state index contributed by atoms with van der Waals surface area (Å²) in [5.41, 5.74) is 0.275. The normalized spacial score (nSPS) is 17.9. The van der Waals surface area contributed by atoms with E-state index in [4.69, 9.17) is 11.6 Å². The zero-order valence-corrected chi connectivity index (χ0v) is 13.8. The molecule has 0 bridgehead atoms. The summed E-state index contributed by atoms with van der Waals surface area (Å²) in [7, 11) is 0. The number of anilines is 1. The Kier molecular flexibility index (Phi) is 4.40. The molecule has 1 fully saturated rings. The average molecular weight is 346 g/mol. The average Bonchev–Trinajstić information content (AvgIpc) is 2.56. The summed E-state index contributed by atoms with van der Waals surface area (Å²) in [6.45, 7) is 2.11. The van der Waals surface area contributed by atoms with Gasteiger partial charge in [-0.1, -0.05) is 17.7 Å². The van der Waals surface area contributed by atoms with Crippen LogP contribution < -0.4 is 10.5 Å². The maximum absolute atomic E-state index is 12.6. The quantitative estimate of drug-likeness (QED) is 0.903. The number of aromatic amines is 1. The Morgan fingerprint density at radius 2 is 2.04 bits per heavy atom. The van der Waals surface area contributed by atoms with E-state index in [0.717, 1.165) is 0 Å². The first kappa shape index (κ1) is 16.3. The second-order valence-corrected chi connectivity index (χ2v) is 6.12. The van der Waals surface area contributed by atoms with Crippen molar-refractivity contribution in [3.8, 4) is 0 Å². The van der Waals surface area contributed by atoms with Crippen LogP contribution in [0.1, 0.15) is 17.3 Å². The van der Waals surface area contributed by atoms with E-state index in [1.807, 2.05) is 6.92 Å². The molecule has 2 aromatic rings. The molecule has 1 aromatic carbocycles. The van der Waals surface area contributed by atoms with Crippen molar-refractivity contribution in [2.75, 3.05) is 18.0 Å². The van der Waals surface area contributed by atoms with Gasteiger partial charge in [-0.3, -0.25) is 14.4 Å². The molecule has 1 aliphatic heterocycles. The number of halogens is 1. The van der Waals surface area contributed by atoms with Gasteiger partial charge in [0.15, 0.2) is 0 Å². The number of carbonyl (C=O) groups excluding carboxylic acids is 2. The van der Waals surface area contributed by atoms with Crippen LogP contribution in [0.4, 0.5) is 5.69 Å². The summed E-state index contributed by atoms with van der Waals surface area (Å²) in [5.74, 6) is -0.653. The summed E-state index contributed by atoms with van der Waals surface area (Å²) in [4.78, 5) is 42.4. The van der Waals surface area contributed by atoms with Crippen LogP contribution in [0.15, 0.2) is 47.4 Å². The largest absolute Gasteiger partial charge is 0.328 e. The molecule has 24 heavy (non-hydrogen) atoms. The number of nitrogens with one attached hydrogen (secondary N) is 1. The third-order valence-corrected chi connectivity index (χ3v) is 4.25. The lowest BCUT2D eigenvalue weighted by Crippen LogP contribution is -2.57. The Balaban J connectivity index is 1.83. The SMILES string of the molecule is C[C@@H]1CN(c2cccc(Cl)c2)C(=O)CN1C(=O)c1ccc[nH]c1=O. The summed E-state index contributed by atoms with van der Waals surface area (Å²) >= 11 is 5.98. The summed E-state index contributed by atoms with van der Waals surface area (Å²) in [6.07, 6.45) is 1.46. The zero-order valence-electron chi connectivity index (χ0n) is 13.0. The van der Waals surface area contributed by atoms with E-state index in [0.29, 0.717) is 17.3 Å². The Bertz CT molecular complexity index is 849. The van der Waals surface area contributed by atoms with E-state index in [-0.39, 0.29) is 24.1 Å². The third kappa shape index (κ3) is 3.05. The van der Waals surface area contributed by atoms with Gasteiger partial charge in [-0.25, -0.2) is 0 Å². The van der Waals surface area contributed by atoms with Crippen molar-refractivity contribution in [1.82, 2.24) is 9.88 Å². The molecule has 1 N–H and O–H groups in total. The lowest BCUT2D eigenvalue weighted by molar-refractivity contribution is -0.121. The molecule has 0 unspecified atom stereocenters. The van der Waals surface area contributed by atoms with Crippen LogP contribution in [-0.2, 0) is 4.79 Å².